The molecule has 8 heteroatoms. The molecule has 4 aliphatic heterocycles. The summed E-state index contributed by atoms with van der Waals surface area (Å²) in [7, 11) is 1.67. The molecule has 5 heterocycles. The van der Waals surface area contributed by atoms with Crippen molar-refractivity contribution in [1.29, 1.82) is 0 Å². The molecule has 3 atom stereocenters. The first kappa shape index (κ1) is 18.2. The maximum absolute atomic E-state index is 13.4. The summed E-state index contributed by atoms with van der Waals surface area (Å²) in [4.78, 5) is 45.8. The fourth-order valence-corrected chi connectivity index (χ4v) is 5.64. The Bertz CT molecular complexity index is 1020. The first-order valence-corrected chi connectivity index (χ1v) is 10.1. The van der Waals surface area contributed by atoms with Crippen molar-refractivity contribution in [1.82, 2.24) is 19.8 Å². The molecule has 1 amide bonds. The lowest BCUT2D eigenvalue weighted by molar-refractivity contribution is -0.00369. The highest BCUT2D eigenvalue weighted by molar-refractivity contribution is 5.92. The summed E-state index contributed by atoms with van der Waals surface area (Å²) in [6.07, 6.45) is 2.13. The van der Waals surface area contributed by atoms with Crippen LogP contribution in [-0.4, -0.2) is 64.5 Å². The maximum atomic E-state index is 13.4. The van der Waals surface area contributed by atoms with Crippen LogP contribution in [0.3, 0.4) is 0 Å². The van der Waals surface area contributed by atoms with E-state index in [9.17, 15) is 14.4 Å². The number of H-pyrrole nitrogens is 2. The van der Waals surface area contributed by atoms with Crippen molar-refractivity contribution in [3.63, 3.8) is 0 Å². The number of nitrogens with zero attached hydrogens (tertiary/aromatic N) is 2. The third kappa shape index (κ3) is 2.90. The van der Waals surface area contributed by atoms with Gasteiger partial charge in [0.2, 0.25) is 0 Å². The second kappa shape index (κ2) is 6.88. The Hall–Kier alpha value is -2.87. The fraction of sp³-hybridized carbons (Fsp3) is 0.476. The summed E-state index contributed by atoms with van der Waals surface area (Å²) in [6.45, 7) is 2.62. The number of amides is 1. The van der Waals surface area contributed by atoms with E-state index in [4.69, 9.17) is 4.74 Å². The van der Waals surface area contributed by atoms with Gasteiger partial charge in [-0.25, -0.2) is 4.79 Å². The molecule has 1 aromatic carbocycles. The highest BCUT2D eigenvalue weighted by atomic mass is 16.5. The number of para-hydroxylation sites is 1. The SMILES string of the molecule is COc1ccccc1[C@H]1CN(C(=O)c2cc(=O)[nH]c(=O)[nH]2)[C@@H]2C3CCN(CC3)[C@H]12. The molecule has 0 radical (unpaired) electrons. The number of aromatic nitrogens is 2. The van der Waals surface area contributed by atoms with Gasteiger partial charge in [0.05, 0.1) is 13.2 Å². The summed E-state index contributed by atoms with van der Waals surface area (Å²) < 4.78 is 5.61. The number of piperidine rings is 3. The van der Waals surface area contributed by atoms with Gasteiger partial charge in [-0.2, -0.15) is 0 Å². The molecule has 2 aromatic rings. The number of likely N-dealkylation sites (tertiary alicyclic amines) is 1. The van der Waals surface area contributed by atoms with E-state index in [0.29, 0.717) is 12.5 Å². The standard InChI is InChI=1S/C21H24N4O4/c1-29-16-5-3-2-4-13(16)14-11-25(18-12-6-8-24(9-7-12)19(14)18)20(27)15-10-17(26)23-21(28)22-15/h2-5,10,12,14,18-19H,6-9,11H2,1H3,(H2,22,23,26,28)/t14-,18-,19-/m1/s1. The van der Waals surface area contributed by atoms with Crippen LogP contribution in [0.4, 0.5) is 0 Å². The Morgan fingerprint density at radius 2 is 1.86 bits per heavy atom. The second-order valence-corrected chi connectivity index (χ2v) is 8.16. The number of hydrogen-bond acceptors (Lipinski definition) is 5. The topological polar surface area (TPSA) is 98.5 Å². The zero-order valence-electron chi connectivity index (χ0n) is 16.3. The molecule has 0 spiro atoms. The van der Waals surface area contributed by atoms with Crippen LogP contribution in [0.1, 0.15) is 34.8 Å². The zero-order valence-corrected chi connectivity index (χ0v) is 16.3. The van der Waals surface area contributed by atoms with Crippen molar-refractivity contribution in [3.05, 3.63) is 62.4 Å². The number of carbonyl (C=O) groups excluding carboxylic acids is 1. The van der Waals surface area contributed by atoms with E-state index < -0.39 is 11.2 Å². The number of carbonyl (C=O) groups is 1. The minimum absolute atomic E-state index is 0.0506. The molecule has 29 heavy (non-hydrogen) atoms. The molecule has 8 nitrogen and oxygen atoms in total. The lowest BCUT2D eigenvalue weighted by Gasteiger charge is -2.51. The molecule has 0 saturated carbocycles. The molecule has 0 unspecified atom stereocenters. The van der Waals surface area contributed by atoms with Crippen LogP contribution in [0.2, 0.25) is 0 Å². The normalized spacial score (nSPS) is 30.2. The third-order valence-electron chi connectivity index (χ3n) is 6.78. The van der Waals surface area contributed by atoms with E-state index in [2.05, 4.69) is 20.9 Å². The van der Waals surface area contributed by atoms with Gasteiger partial charge in [0.15, 0.2) is 0 Å². The van der Waals surface area contributed by atoms with Crippen molar-refractivity contribution in [2.45, 2.75) is 30.8 Å². The van der Waals surface area contributed by atoms with Gasteiger partial charge < -0.3 is 14.6 Å². The number of aromatic amines is 2. The van der Waals surface area contributed by atoms with Crippen LogP contribution < -0.4 is 16.0 Å². The van der Waals surface area contributed by atoms with Crippen molar-refractivity contribution in [2.24, 2.45) is 5.92 Å². The van der Waals surface area contributed by atoms with E-state index in [1.165, 1.54) is 6.07 Å². The smallest absolute Gasteiger partial charge is 0.326 e. The molecule has 2 N–H and O–H groups in total. The van der Waals surface area contributed by atoms with Crippen LogP contribution in [0.5, 0.6) is 5.75 Å². The largest absolute Gasteiger partial charge is 0.496 e. The Morgan fingerprint density at radius 1 is 1.10 bits per heavy atom. The summed E-state index contributed by atoms with van der Waals surface area (Å²) in [5.74, 6) is 1.10. The number of hydrogen-bond donors (Lipinski definition) is 2. The molecule has 1 aromatic heterocycles. The minimum atomic E-state index is -0.660. The van der Waals surface area contributed by atoms with Gasteiger partial charge in [-0.15, -0.1) is 0 Å². The number of rotatable bonds is 3. The predicted octanol–water partition coefficient (Wildman–Crippen LogP) is 0.774. The van der Waals surface area contributed by atoms with Crippen molar-refractivity contribution in [3.8, 4) is 5.75 Å². The Kier molecular flexibility index (Phi) is 4.31. The Labute approximate surface area is 167 Å². The number of fused-ring (bicyclic) bond motifs is 2. The van der Waals surface area contributed by atoms with Crippen LogP contribution in [0.25, 0.3) is 0 Å². The fourth-order valence-electron chi connectivity index (χ4n) is 5.64. The quantitative estimate of drug-likeness (QED) is 0.799. The van der Waals surface area contributed by atoms with E-state index in [1.807, 2.05) is 23.1 Å². The zero-order chi connectivity index (χ0) is 20.1. The molecule has 0 aliphatic carbocycles. The average molecular weight is 396 g/mol. The van der Waals surface area contributed by atoms with Gasteiger partial charge in [-0.05, 0) is 37.9 Å². The second-order valence-electron chi connectivity index (χ2n) is 8.16. The molecule has 6 rings (SSSR count). The number of ether oxygens (including phenoxy) is 1. The van der Waals surface area contributed by atoms with E-state index in [-0.39, 0.29) is 29.6 Å². The van der Waals surface area contributed by atoms with Gasteiger partial charge >= 0.3 is 5.69 Å². The third-order valence-corrected chi connectivity index (χ3v) is 6.78. The molecular weight excluding hydrogens is 372 g/mol. The predicted molar refractivity (Wildman–Crippen MR) is 106 cm³/mol. The lowest BCUT2D eigenvalue weighted by atomic mass is 9.75. The number of benzene rings is 1. The van der Waals surface area contributed by atoms with E-state index in [0.717, 1.165) is 37.2 Å². The Balaban J connectivity index is 1.57. The van der Waals surface area contributed by atoms with E-state index in [1.54, 1.807) is 7.11 Å². The summed E-state index contributed by atoms with van der Waals surface area (Å²) in [6, 6.07) is 9.45. The van der Waals surface area contributed by atoms with Crippen LogP contribution in [-0.2, 0) is 0 Å². The van der Waals surface area contributed by atoms with Crippen molar-refractivity contribution < 1.29 is 9.53 Å². The highest BCUT2D eigenvalue weighted by Gasteiger charge is 2.55. The van der Waals surface area contributed by atoms with E-state index >= 15 is 0 Å². The first-order valence-electron chi connectivity index (χ1n) is 10.1. The first-order chi connectivity index (χ1) is 14.1. The number of nitrogens with one attached hydrogen (secondary N) is 2. The monoisotopic (exact) mass is 396 g/mol. The van der Waals surface area contributed by atoms with Crippen molar-refractivity contribution in [2.75, 3.05) is 26.7 Å². The van der Waals surface area contributed by atoms with Gasteiger partial charge in [-0.3, -0.25) is 19.5 Å². The van der Waals surface area contributed by atoms with Gasteiger partial charge in [0.25, 0.3) is 11.5 Å². The van der Waals surface area contributed by atoms with Crippen LogP contribution in [0, 0.1) is 5.92 Å². The molecular formula is C21H24N4O4. The average Bonchev–Trinajstić information content (AvgIpc) is 3.16. The molecule has 2 bridgehead atoms. The highest BCUT2D eigenvalue weighted by Crippen LogP contribution is 2.48. The molecule has 4 aliphatic rings. The summed E-state index contributed by atoms with van der Waals surface area (Å²) in [5.41, 5.74) is -0.0725. The maximum Gasteiger partial charge on any atom is 0.326 e. The minimum Gasteiger partial charge on any atom is -0.496 e. The van der Waals surface area contributed by atoms with Gasteiger partial charge in [0.1, 0.15) is 11.4 Å². The Morgan fingerprint density at radius 3 is 2.59 bits per heavy atom. The summed E-state index contributed by atoms with van der Waals surface area (Å²) >= 11 is 0. The lowest BCUT2D eigenvalue weighted by Crippen LogP contribution is -2.60. The van der Waals surface area contributed by atoms with Gasteiger partial charge in [0, 0.05) is 30.1 Å². The summed E-state index contributed by atoms with van der Waals surface area (Å²) in [5, 5.41) is 0. The van der Waals surface area contributed by atoms with Crippen molar-refractivity contribution >= 4 is 5.91 Å². The van der Waals surface area contributed by atoms with Gasteiger partial charge in [-0.1, -0.05) is 18.2 Å². The number of methoxy groups -OCH3 is 1. The molecule has 4 fully saturated rings. The molecule has 152 valence electrons. The molecule has 4 saturated heterocycles. The van der Waals surface area contributed by atoms with Crippen LogP contribution in [0.15, 0.2) is 39.9 Å². The van der Waals surface area contributed by atoms with Crippen LogP contribution >= 0.6 is 0 Å².